The van der Waals surface area contributed by atoms with Crippen molar-refractivity contribution in [3.63, 3.8) is 0 Å². The number of rotatable bonds is 2. The summed E-state index contributed by atoms with van der Waals surface area (Å²) in [6, 6.07) is 5.22. The zero-order valence-corrected chi connectivity index (χ0v) is 11.9. The monoisotopic (exact) mass is 291 g/mol. The Kier molecular flexibility index (Phi) is 4.06. The largest absolute Gasteiger partial charge is 0.495 e. The molecule has 2 unspecified atom stereocenters. The normalized spacial score (nSPS) is 26.0. The Balaban J connectivity index is 1.89. The average Bonchev–Trinajstić information content (AvgIpc) is 2.54. The molecule has 1 N–H and O–H groups in total. The molecule has 2 heterocycles. The molecule has 0 saturated carbocycles. The van der Waals surface area contributed by atoms with Gasteiger partial charge in [0.05, 0.1) is 19.8 Å². The van der Waals surface area contributed by atoms with Crippen molar-refractivity contribution in [2.24, 2.45) is 0 Å². The first-order valence-corrected chi connectivity index (χ1v) is 7.07. The highest BCUT2D eigenvalue weighted by atomic mass is 19.1. The molecule has 1 aromatic carbocycles. The van der Waals surface area contributed by atoms with E-state index in [1.54, 1.807) is 6.07 Å². The minimum Gasteiger partial charge on any atom is -0.495 e. The van der Waals surface area contributed by atoms with Gasteiger partial charge in [0.15, 0.2) is 0 Å². The smallest absolute Gasteiger partial charge is 0.145 e. The van der Waals surface area contributed by atoms with Crippen LogP contribution in [-0.4, -0.2) is 50.8 Å². The Labute approximate surface area is 123 Å². The number of halogens is 1. The molecule has 0 aromatic heterocycles. The lowest BCUT2D eigenvalue weighted by molar-refractivity contribution is -0.0724. The van der Waals surface area contributed by atoms with Gasteiger partial charge >= 0.3 is 0 Å². The molecule has 112 valence electrons. The van der Waals surface area contributed by atoms with Crippen LogP contribution in [0.4, 0.5) is 4.39 Å². The van der Waals surface area contributed by atoms with Gasteiger partial charge in [0.25, 0.3) is 0 Å². The van der Waals surface area contributed by atoms with Crippen molar-refractivity contribution in [1.29, 1.82) is 5.26 Å². The average molecular weight is 291 g/mol. The van der Waals surface area contributed by atoms with Crippen LogP contribution in [-0.2, 0) is 4.74 Å². The van der Waals surface area contributed by atoms with Crippen molar-refractivity contribution >= 4 is 0 Å². The number of nitrogens with zero attached hydrogens (tertiary/aromatic N) is 2. The molecular formula is C15H18FN3O2. The summed E-state index contributed by atoms with van der Waals surface area (Å²) >= 11 is 0. The van der Waals surface area contributed by atoms with Crippen LogP contribution >= 0.6 is 0 Å². The van der Waals surface area contributed by atoms with Gasteiger partial charge in [-0.2, -0.15) is 5.26 Å². The minimum atomic E-state index is -0.561. The zero-order chi connectivity index (χ0) is 14.8. The summed E-state index contributed by atoms with van der Waals surface area (Å²) in [4.78, 5) is 2.37. The standard InChI is InChI=1S/C15H18FN3O2/c1-20-15-11(2-3-13(16)12(15)6-17)14-8-19-5-4-18-7-10(19)9-21-14/h2-3,10,14,18H,4-5,7-9H2,1H3. The second-order valence-electron chi connectivity index (χ2n) is 5.33. The molecule has 5 nitrogen and oxygen atoms in total. The van der Waals surface area contributed by atoms with Gasteiger partial charge in [-0.25, -0.2) is 4.39 Å². The van der Waals surface area contributed by atoms with Crippen LogP contribution < -0.4 is 10.1 Å². The molecule has 2 fully saturated rings. The second kappa shape index (κ2) is 5.98. The van der Waals surface area contributed by atoms with Crippen molar-refractivity contribution in [3.8, 4) is 11.8 Å². The van der Waals surface area contributed by atoms with E-state index in [1.807, 2.05) is 6.07 Å². The van der Waals surface area contributed by atoms with Crippen molar-refractivity contribution in [2.45, 2.75) is 12.1 Å². The van der Waals surface area contributed by atoms with Gasteiger partial charge in [0.2, 0.25) is 0 Å². The highest BCUT2D eigenvalue weighted by Crippen LogP contribution is 2.35. The number of ether oxygens (including phenoxy) is 2. The number of methoxy groups -OCH3 is 1. The zero-order valence-electron chi connectivity index (χ0n) is 11.9. The summed E-state index contributed by atoms with van der Waals surface area (Å²) in [5.41, 5.74) is 0.688. The Morgan fingerprint density at radius 3 is 3.14 bits per heavy atom. The fourth-order valence-corrected chi connectivity index (χ4v) is 3.04. The van der Waals surface area contributed by atoms with E-state index in [9.17, 15) is 4.39 Å². The summed E-state index contributed by atoms with van der Waals surface area (Å²) < 4.78 is 24.9. The van der Waals surface area contributed by atoms with Crippen molar-refractivity contribution in [3.05, 3.63) is 29.1 Å². The van der Waals surface area contributed by atoms with Crippen LogP contribution in [0.3, 0.4) is 0 Å². The Morgan fingerprint density at radius 1 is 1.52 bits per heavy atom. The Bertz CT molecular complexity index is 573. The number of benzene rings is 1. The number of nitrogens with one attached hydrogen (secondary N) is 1. The number of fused-ring (bicyclic) bond motifs is 1. The lowest BCUT2D eigenvalue weighted by atomic mass is 10.0. The van der Waals surface area contributed by atoms with Crippen LogP contribution in [0, 0.1) is 17.1 Å². The van der Waals surface area contributed by atoms with Gasteiger partial charge < -0.3 is 14.8 Å². The molecule has 21 heavy (non-hydrogen) atoms. The topological polar surface area (TPSA) is 57.5 Å². The van der Waals surface area contributed by atoms with Crippen LogP contribution in [0.1, 0.15) is 17.2 Å². The first-order chi connectivity index (χ1) is 10.2. The maximum atomic E-state index is 13.7. The molecular weight excluding hydrogens is 273 g/mol. The van der Waals surface area contributed by atoms with Gasteiger partial charge in [0, 0.05) is 37.8 Å². The molecule has 0 spiro atoms. The van der Waals surface area contributed by atoms with Crippen molar-refractivity contribution in [2.75, 3.05) is 39.9 Å². The second-order valence-corrected chi connectivity index (χ2v) is 5.33. The lowest BCUT2D eigenvalue weighted by Gasteiger charge is -2.43. The third-order valence-electron chi connectivity index (χ3n) is 4.16. The first-order valence-electron chi connectivity index (χ1n) is 7.07. The lowest BCUT2D eigenvalue weighted by Crippen LogP contribution is -2.57. The highest BCUT2D eigenvalue weighted by molar-refractivity contribution is 5.50. The van der Waals surface area contributed by atoms with E-state index in [0.717, 1.165) is 31.7 Å². The molecule has 0 radical (unpaired) electrons. The summed E-state index contributed by atoms with van der Waals surface area (Å²) in [5, 5.41) is 12.5. The molecule has 2 saturated heterocycles. The Hall–Kier alpha value is -1.68. The van der Waals surface area contributed by atoms with E-state index in [-0.39, 0.29) is 17.4 Å². The third kappa shape index (κ3) is 2.60. The maximum Gasteiger partial charge on any atom is 0.145 e. The molecule has 0 bridgehead atoms. The molecule has 3 rings (SSSR count). The fraction of sp³-hybridized carbons (Fsp3) is 0.533. The highest BCUT2D eigenvalue weighted by Gasteiger charge is 2.33. The van der Waals surface area contributed by atoms with Crippen molar-refractivity contribution < 1.29 is 13.9 Å². The molecule has 2 aliphatic rings. The van der Waals surface area contributed by atoms with E-state index >= 15 is 0 Å². The molecule has 0 amide bonds. The van der Waals surface area contributed by atoms with Crippen LogP contribution in [0.2, 0.25) is 0 Å². The fourth-order valence-electron chi connectivity index (χ4n) is 3.04. The minimum absolute atomic E-state index is 0.0546. The van der Waals surface area contributed by atoms with E-state index in [1.165, 1.54) is 13.2 Å². The number of hydrogen-bond acceptors (Lipinski definition) is 5. The first kappa shape index (κ1) is 14.3. The number of hydrogen-bond donors (Lipinski definition) is 1. The number of nitriles is 1. The quantitative estimate of drug-likeness (QED) is 0.882. The SMILES string of the molecule is COc1c(C2CN3CCNCC3CO2)ccc(F)c1C#N. The van der Waals surface area contributed by atoms with Crippen LogP contribution in [0.25, 0.3) is 0 Å². The summed E-state index contributed by atoms with van der Waals surface area (Å²) in [7, 11) is 1.45. The van der Waals surface area contributed by atoms with Gasteiger partial charge in [-0.3, -0.25) is 4.90 Å². The third-order valence-corrected chi connectivity index (χ3v) is 4.16. The Morgan fingerprint density at radius 2 is 2.38 bits per heavy atom. The van der Waals surface area contributed by atoms with E-state index in [0.29, 0.717) is 12.6 Å². The molecule has 1 aromatic rings. The summed E-state index contributed by atoms with van der Waals surface area (Å²) in [6.45, 7) is 4.22. The summed E-state index contributed by atoms with van der Waals surface area (Å²) in [5.74, 6) is -0.273. The predicted molar refractivity (Wildman–Crippen MR) is 74.6 cm³/mol. The molecule has 2 atom stereocenters. The van der Waals surface area contributed by atoms with Crippen LogP contribution in [0.5, 0.6) is 5.75 Å². The maximum absolute atomic E-state index is 13.7. The van der Waals surface area contributed by atoms with Crippen LogP contribution in [0.15, 0.2) is 12.1 Å². The van der Waals surface area contributed by atoms with Gasteiger partial charge in [0.1, 0.15) is 23.2 Å². The van der Waals surface area contributed by atoms with Crippen molar-refractivity contribution in [1.82, 2.24) is 10.2 Å². The summed E-state index contributed by atoms with van der Waals surface area (Å²) in [6.07, 6.45) is -0.193. The van der Waals surface area contributed by atoms with Gasteiger partial charge in [-0.15, -0.1) is 0 Å². The predicted octanol–water partition coefficient (Wildman–Crippen LogP) is 1.05. The van der Waals surface area contributed by atoms with Gasteiger partial charge in [-0.05, 0) is 12.1 Å². The molecule has 6 heteroatoms. The number of morpholine rings is 1. The van der Waals surface area contributed by atoms with E-state index in [4.69, 9.17) is 14.7 Å². The van der Waals surface area contributed by atoms with E-state index in [2.05, 4.69) is 10.2 Å². The van der Waals surface area contributed by atoms with E-state index < -0.39 is 5.82 Å². The number of piperazine rings is 1. The molecule has 2 aliphatic heterocycles. The molecule has 0 aliphatic carbocycles. The van der Waals surface area contributed by atoms with Gasteiger partial charge in [-0.1, -0.05) is 0 Å².